The Hall–Kier alpha value is -2.83. The Morgan fingerprint density at radius 1 is 0.912 bits per heavy atom. The quantitative estimate of drug-likeness (QED) is 0.439. The molecule has 6 heteroatoms. The lowest BCUT2D eigenvalue weighted by Gasteiger charge is -2.27. The molecule has 1 saturated heterocycles. The first-order valence-corrected chi connectivity index (χ1v) is 12.3. The molecular formula is C28H37N3O3. The van der Waals surface area contributed by atoms with Gasteiger partial charge in [0.15, 0.2) is 0 Å². The van der Waals surface area contributed by atoms with Gasteiger partial charge in [-0.1, -0.05) is 29.8 Å². The van der Waals surface area contributed by atoms with Crippen LogP contribution in [0.2, 0.25) is 0 Å². The van der Waals surface area contributed by atoms with Crippen molar-refractivity contribution < 1.29 is 14.6 Å². The van der Waals surface area contributed by atoms with Gasteiger partial charge in [-0.05, 0) is 75.5 Å². The summed E-state index contributed by atoms with van der Waals surface area (Å²) in [5.41, 5.74) is 2.74. The molecule has 1 atom stereocenters. The Labute approximate surface area is 203 Å². The van der Waals surface area contributed by atoms with E-state index < -0.39 is 5.60 Å². The van der Waals surface area contributed by atoms with Gasteiger partial charge in [-0.3, -0.25) is 9.58 Å². The lowest BCUT2D eigenvalue weighted by Crippen LogP contribution is -2.37. The van der Waals surface area contributed by atoms with Crippen molar-refractivity contribution >= 4 is 0 Å². The fourth-order valence-electron chi connectivity index (χ4n) is 4.34. The molecule has 0 aliphatic carbocycles. The first-order valence-electron chi connectivity index (χ1n) is 12.3. The van der Waals surface area contributed by atoms with E-state index in [0.29, 0.717) is 13.2 Å². The van der Waals surface area contributed by atoms with E-state index in [9.17, 15) is 5.11 Å². The molecule has 1 N–H and O–H groups in total. The highest BCUT2D eigenvalue weighted by Gasteiger charge is 2.31. The standard InChI is InChI=1S/C28H37N3O3/c1-23-5-9-27(10-6-23)34-22-28(32)14-3-16-30(19-15-28)21-25-7-11-26(12-8-25)33-20-4-17-31-18-13-24(2)29-31/h5-13,18,32H,3-4,14-17,19-22H2,1-2H3/t28-/m0/s1. The van der Waals surface area contributed by atoms with E-state index in [2.05, 4.69) is 41.2 Å². The second-order valence-corrected chi connectivity index (χ2v) is 9.52. The van der Waals surface area contributed by atoms with Crippen LogP contribution in [0.4, 0.5) is 0 Å². The zero-order valence-electron chi connectivity index (χ0n) is 20.4. The largest absolute Gasteiger partial charge is 0.494 e. The lowest BCUT2D eigenvalue weighted by molar-refractivity contribution is -0.0168. The molecule has 0 unspecified atom stereocenters. The minimum absolute atomic E-state index is 0.343. The third kappa shape index (κ3) is 7.34. The number of benzene rings is 2. The summed E-state index contributed by atoms with van der Waals surface area (Å²) < 4.78 is 13.8. The van der Waals surface area contributed by atoms with Crippen LogP contribution in [0, 0.1) is 13.8 Å². The topological polar surface area (TPSA) is 59.8 Å². The second-order valence-electron chi connectivity index (χ2n) is 9.52. The van der Waals surface area contributed by atoms with Crippen molar-refractivity contribution in [2.45, 2.75) is 58.2 Å². The van der Waals surface area contributed by atoms with Gasteiger partial charge in [0.2, 0.25) is 0 Å². The Kier molecular flexibility index (Phi) is 8.25. The van der Waals surface area contributed by atoms with Crippen molar-refractivity contribution in [1.29, 1.82) is 0 Å². The normalized spacial score (nSPS) is 19.0. The van der Waals surface area contributed by atoms with Crippen LogP contribution in [-0.4, -0.2) is 51.7 Å². The van der Waals surface area contributed by atoms with Gasteiger partial charge in [-0.25, -0.2) is 0 Å². The van der Waals surface area contributed by atoms with Crippen molar-refractivity contribution in [1.82, 2.24) is 14.7 Å². The predicted octanol–water partition coefficient (Wildman–Crippen LogP) is 4.77. The monoisotopic (exact) mass is 463 g/mol. The SMILES string of the molecule is Cc1ccc(OC[C@]2(O)CCCN(Cc3ccc(OCCCn4ccc(C)n4)cc3)CC2)cc1. The molecule has 2 aromatic carbocycles. The highest BCUT2D eigenvalue weighted by Crippen LogP contribution is 2.25. The minimum atomic E-state index is -0.772. The zero-order valence-corrected chi connectivity index (χ0v) is 20.4. The van der Waals surface area contributed by atoms with Crippen LogP contribution in [0.15, 0.2) is 60.8 Å². The smallest absolute Gasteiger partial charge is 0.119 e. The fraction of sp³-hybridized carbons (Fsp3) is 0.464. The summed E-state index contributed by atoms with van der Waals surface area (Å²) >= 11 is 0. The Balaban J connectivity index is 1.19. The highest BCUT2D eigenvalue weighted by atomic mass is 16.5. The number of rotatable bonds is 10. The Morgan fingerprint density at radius 3 is 2.38 bits per heavy atom. The second kappa shape index (κ2) is 11.5. The third-order valence-electron chi connectivity index (χ3n) is 6.44. The molecule has 0 saturated carbocycles. The van der Waals surface area contributed by atoms with Crippen LogP contribution >= 0.6 is 0 Å². The van der Waals surface area contributed by atoms with Gasteiger partial charge in [0.05, 0.1) is 17.9 Å². The minimum Gasteiger partial charge on any atom is -0.494 e. The molecule has 1 aliphatic rings. The van der Waals surface area contributed by atoms with Gasteiger partial charge in [-0.15, -0.1) is 0 Å². The molecule has 6 nitrogen and oxygen atoms in total. The van der Waals surface area contributed by atoms with Crippen molar-refractivity contribution in [2.75, 3.05) is 26.3 Å². The van der Waals surface area contributed by atoms with Crippen LogP contribution in [-0.2, 0) is 13.1 Å². The van der Waals surface area contributed by atoms with Crippen LogP contribution in [0.25, 0.3) is 0 Å². The molecule has 1 aliphatic heterocycles. The summed E-state index contributed by atoms with van der Waals surface area (Å²) in [5, 5.41) is 15.5. The zero-order chi connectivity index (χ0) is 23.8. The molecule has 0 amide bonds. The van der Waals surface area contributed by atoms with E-state index in [1.165, 1.54) is 11.1 Å². The molecule has 1 fully saturated rings. The Bertz CT molecular complexity index is 1020. The van der Waals surface area contributed by atoms with E-state index in [0.717, 1.165) is 69.1 Å². The van der Waals surface area contributed by atoms with Gasteiger partial charge in [0.1, 0.15) is 18.1 Å². The number of aromatic nitrogens is 2. The molecule has 0 spiro atoms. The molecule has 4 rings (SSSR count). The van der Waals surface area contributed by atoms with Crippen molar-refractivity contribution in [3.05, 3.63) is 77.6 Å². The lowest BCUT2D eigenvalue weighted by atomic mass is 9.96. The number of hydrogen-bond acceptors (Lipinski definition) is 5. The van der Waals surface area contributed by atoms with E-state index in [-0.39, 0.29) is 0 Å². The van der Waals surface area contributed by atoms with Crippen molar-refractivity contribution in [2.24, 2.45) is 0 Å². The maximum atomic E-state index is 11.1. The molecule has 3 aromatic rings. The number of likely N-dealkylation sites (tertiary alicyclic amines) is 1. The van der Waals surface area contributed by atoms with Gasteiger partial charge < -0.3 is 14.6 Å². The fourth-order valence-corrected chi connectivity index (χ4v) is 4.34. The van der Waals surface area contributed by atoms with Gasteiger partial charge in [0.25, 0.3) is 0 Å². The van der Waals surface area contributed by atoms with Crippen molar-refractivity contribution in [3.8, 4) is 11.5 Å². The third-order valence-corrected chi connectivity index (χ3v) is 6.44. The molecule has 0 radical (unpaired) electrons. The maximum Gasteiger partial charge on any atom is 0.119 e. The molecular weight excluding hydrogens is 426 g/mol. The van der Waals surface area contributed by atoms with Crippen LogP contribution in [0.5, 0.6) is 11.5 Å². The van der Waals surface area contributed by atoms with Gasteiger partial charge in [0, 0.05) is 32.3 Å². The number of hydrogen-bond donors (Lipinski definition) is 1. The summed E-state index contributed by atoms with van der Waals surface area (Å²) in [4.78, 5) is 2.42. The molecule has 34 heavy (non-hydrogen) atoms. The predicted molar refractivity (Wildman–Crippen MR) is 134 cm³/mol. The highest BCUT2D eigenvalue weighted by molar-refractivity contribution is 5.27. The van der Waals surface area contributed by atoms with Gasteiger partial charge >= 0.3 is 0 Å². The van der Waals surface area contributed by atoms with E-state index >= 15 is 0 Å². The van der Waals surface area contributed by atoms with E-state index in [1.54, 1.807) is 0 Å². The van der Waals surface area contributed by atoms with Gasteiger partial charge in [-0.2, -0.15) is 5.10 Å². The first kappa shape index (κ1) is 24.3. The summed E-state index contributed by atoms with van der Waals surface area (Å²) in [6, 6.07) is 18.4. The van der Waals surface area contributed by atoms with Crippen molar-refractivity contribution in [3.63, 3.8) is 0 Å². The number of aliphatic hydroxyl groups is 1. The summed E-state index contributed by atoms with van der Waals surface area (Å²) in [6.45, 7) is 8.67. The number of ether oxygens (including phenoxy) is 2. The molecule has 182 valence electrons. The average molecular weight is 464 g/mol. The summed E-state index contributed by atoms with van der Waals surface area (Å²) in [5.74, 6) is 1.72. The summed E-state index contributed by atoms with van der Waals surface area (Å²) in [7, 11) is 0. The van der Waals surface area contributed by atoms with Crippen LogP contribution < -0.4 is 9.47 Å². The van der Waals surface area contributed by atoms with E-state index in [1.807, 2.05) is 48.1 Å². The Morgan fingerprint density at radius 2 is 1.65 bits per heavy atom. The first-order chi connectivity index (χ1) is 16.5. The van der Waals surface area contributed by atoms with Crippen LogP contribution in [0.1, 0.15) is 42.5 Å². The summed E-state index contributed by atoms with van der Waals surface area (Å²) in [6.07, 6.45) is 5.37. The number of nitrogens with zero attached hydrogens (tertiary/aromatic N) is 3. The van der Waals surface area contributed by atoms with E-state index in [4.69, 9.17) is 9.47 Å². The van der Waals surface area contributed by atoms with Crippen LogP contribution in [0.3, 0.4) is 0 Å². The molecule has 0 bridgehead atoms. The molecule has 1 aromatic heterocycles. The number of aryl methyl sites for hydroxylation is 3. The maximum absolute atomic E-state index is 11.1. The molecule has 2 heterocycles. The average Bonchev–Trinajstić information content (AvgIpc) is 3.16.